The number of phenolic OH excluding ortho intramolecular Hbond substituents is 1. The second-order valence-corrected chi connectivity index (χ2v) is 8.14. The van der Waals surface area contributed by atoms with Crippen LogP contribution in [0.1, 0.15) is 30.5 Å². The molecule has 8 nitrogen and oxygen atoms in total. The van der Waals surface area contributed by atoms with Crippen molar-refractivity contribution in [1.29, 1.82) is 0 Å². The van der Waals surface area contributed by atoms with Gasteiger partial charge in [0.05, 0.1) is 29.6 Å². The lowest BCUT2D eigenvalue weighted by Gasteiger charge is -2.20. The zero-order valence-electron chi connectivity index (χ0n) is 17.6. The summed E-state index contributed by atoms with van der Waals surface area (Å²) in [4.78, 5) is 13.5. The molecule has 0 saturated heterocycles. The maximum atomic E-state index is 13.5. The minimum Gasteiger partial charge on any atom is -0.508 e. The van der Waals surface area contributed by atoms with Crippen molar-refractivity contribution < 1.29 is 10.2 Å². The molecule has 0 aliphatic heterocycles. The van der Waals surface area contributed by atoms with E-state index in [0.717, 1.165) is 5.56 Å². The normalized spacial score (nSPS) is 11.6. The lowest BCUT2D eigenvalue weighted by atomic mass is 10.0. The molecule has 2 heterocycles. The summed E-state index contributed by atoms with van der Waals surface area (Å²) in [6.45, 7) is 10.9. The van der Waals surface area contributed by atoms with Gasteiger partial charge in [-0.05, 0) is 45.4 Å². The van der Waals surface area contributed by atoms with Gasteiger partial charge in [0.1, 0.15) is 11.6 Å². The molecule has 0 aliphatic carbocycles. The average molecular weight is 409 g/mol. The third-order valence-corrected chi connectivity index (χ3v) is 4.91. The third-order valence-electron chi connectivity index (χ3n) is 4.91. The van der Waals surface area contributed by atoms with Gasteiger partial charge in [-0.3, -0.25) is 14.0 Å². The molecule has 8 heteroatoms. The number of anilines is 1. The summed E-state index contributed by atoms with van der Waals surface area (Å²) >= 11 is 0. The molecular weight excluding hydrogens is 382 g/mol. The highest BCUT2D eigenvalue weighted by Gasteiger charge is 2.21. The Hall–Kier alpha value is -3.52. The maximum absolute atomic E-state index is 13.5. The quantitative estimate of drug-likeness (QED) is 0.511. The van der Waals surface area contributed by atoms with E-state index >= 15 is 0 Å². The fourth-order valence-corrected chi connectivity index (χ4v) is 3.47. The van der Waals surface area contributed by atoms with Crippen LogP contribution in [-0.2, 0) is 6.54 Å². The molecule has 0 atom stereocenters. The Morgan fingerprint density at radius 2 is 1.97 bits per heavy atom. The number of aromatic hydroxyl groups is 1. The van der Waals surface area contributed by atoms with Gasteiger partial charge in [0.25, 0.3) is 5.56 Å². The molecule has 0 aliphatic rings. The SMILES string of the molecule is C=C(N)c1cc(-c2cnn(CC(C)(C)O)c2)c(=O)n(-c2c(C)ccc(O)c2C)c1N. The van der Waals surface area contributed by atoms with E-state index in [9.17, 15) is 15.0 Å². The van der Waals surface area contributed by atoms with E-state index < -0.39 is 5.60 Å². The smallest absolute Gasteiger partial charge is 0.264 e. The Kier molecular flexibility index (Phi) is 5.22. The van der Waals surface area contributed by atoms with Crippen LogP contribution in [0.25, 0.3) is 22.5 Å². The highest BCUT2D eigenvalue weighted by atomic mass is 16.3. The highest BCUT2D eigenvalue weighted by molar-refractivity contribution is 5.77. The van der Waals surface area contributed by atoms with E-state index in [2.05, 4.69) is 11.7 Å². The van der Waals surface area contributed by atoms with E-state index in [0.29, 0.717) is 27.9 Å². The largest absolute Gasteiger partial charge is 0.508 e. The van der Waals surface area contributed by atoms with Gasteiger partial charge in [0.2, 0.25) is 0 Å². The number of hydrogen-bond acceptors (Lipinski definition) is 6. The molecule has 3 rings (SSSR count). The maximum Gasteiger partial charge on any atom is 0.264 e. The van der Waals surface area contributed by atoms with Crippen LogP contribution in [-0.4, -0.2) is 30.2 Å². The summed E-state index contributed by atoms with van der Waals surface area (Å²) in [7, 11) is 0. The topological polar surface area (TPSA) is 132 Å². The summed E-state index contributed by atoms with van der Waals surface area (Å²) in [6, 6.07) is 4.88. The Bertz CT molecular complexity index is 1200. The number of aliphatic hydroxyl groups is 1. The van der Waals surface area contributed by atoms with Gasteiger partial charge >= 0.3 is 0 Å². The molecule has 0 spiro atoms. The molecule has 0 saturated carbocycles. The van der Waals surface area contributed by atoms with Gasteiger partial charge in [0.15, 0.2) is 0 Å². The zero-order chi connectivity index (χ0) is 22.4. The Morgan fingerprint density at radius 1 is 1.30 bits per heavy atom. The number of phenols is 1. The summed E-state index contributed by atoms with van der Waals surface area (Å²) in [5.74, 6) is 0.190. The minimum atomic E-state index is -0.961. The molecule has 0 radical (unpaired) electrons. The van der Waals surface area contributed by atoms with Crippen LogP contribution >= 0.6 is 0 Å². The van der Waals surface area contributed by atoms with Crippen LogP contribution in [0, 0.1) is 13.8 Å². The van der Waals surface area contributed by atoms with Gasteiger partial charge in [-0.15, -0.1) is 0 Å². The predicted octanol–water partition coefficient (Wildman–Crippen LogP) is 2.31. The Morgan fingerprint density at radius 3 is 2.57 bits per heavy atom. The number of nitrogen functional groups attached to an aromatic ring is 1. The van der Waals surface area contributed by atoms with Crippen LogP contribution in [0.5, 0.6) is 5.75 Å². The van der Waals surface area contributed by atoms with E-state index in [-0.39, 0.29) is 29.4 Å². The van der Waals surface area contributed by atoms with E-state index in [1.165, 1.54) is 4.57 Å². The minimum absolute atomic E-state index is 0.0541. The van der Waals surface area contributed by atoms with E-state index in [1.807, 2.05) is 6.92 Å². The molecule has 0 bridgehead atoms. The number of benzene rings is 1. The Labute approximate surface area is 174 Å². The number of aryl methyl sites for hydroxylation is 1. The average Bonchev–Trinajstić information content (AvgIpc) is 3.07. The lowest BCUT2D eigenvalue weighted by molar-refractivity contribution is 0.0577. The first-order chi connectivity index (χ1) is 13.9. The summed E-state index contributed by atoms with van der Waals surface area (Å²) in [6.07, 6.45) is 3.23. The number of pyridine rings is 1. The first kappa shape index (κ1) is 21.2. The van der Waals surface area contributed by atoms with Crippen molar-refractivity contribution in [2.45, 2.75) is 39.8 Å². The summed E-state index contributed by atoms with van der Waals surface area (Å²) in [5, 5.41) is 24.5. The van der Waals surface area contributed by atoms with Gasteiger partial charge < -0.3 is 21.7 Å². The summed E-state index contributed by atoms with van der Waals surface area (Å²) < 4.78 is 2.91. The van der Waals surface area contributed by atoms with Gasteiger partial charge in [-0.25, -0.2) is 0 Å². The molecule has 0 fully saturated rings. The van der Waals surface area contributed by atoms with Crippen LogP contribution in [0.15, 0.2) is 42.0 Å². The third kappa shape index (κ3) is 3.81. The Balaban J connectivity index is 2.32. The van der Waals surface area contributed by atoms with Gasteiger partial charge in [0, 0.05) is 28.6 Å². The van der Waals surface area contributed by atoms with Crippen LogP contribution in [0.4, 0.5) is 5.82 Å². The molecule has 0 unspecified atom stereocenters. The van der Waals surface area contributed by atoms with E-state index in [1.54, 1.807) is 56.0 Å². The number of rotatable bonds is 5. The van der Waals surface area contributed by atoms with Crippen LogP contribution < -0.4 is 17.0 Å². The highest BCUT2D eigenvalue weighted by Crippen LogP contribution is 2.31. The summed E-state index contributed by atoms with van der Waals surface area (Å²) in [5.41, 5.74) is 14.2. The fourth-order valence-electron chi connectivity index (χ4n) is 3.47. The molecule has 6 N–H and O–H groups in total. The second-order valence-electron chi connectivity index (χ2n) is 8.14. The van der Waals surface area contributed by atoms with Crippen molar-refractivity contribution >= 4 is 11.5 Å². The number of aromatic nitrogens is 3. The predicted molar refractivity (Wildman–Crippen MR) is 118 cm³/mol. The van der Waals surface area contributed by atoms with Crippen molar-refractivity contribution in [3.8, 4) is 22.6 Å². The van der Waals surface area contributed by atoms with Crippen molar-refractivity contribution in [2.75, 3.05) is 5.73 Å². The van der Waals surface area contributed by atoms with Crippen LogP contribution in [0.2, 0.25) is 0 Å². The van der Waals surface area contributed by atoms with Crippen molar-refractivity contribution in [2.24, 2.45) is 5.73 Å². The van der Waals surface area contributed by atoms with Crippen LogP contribution in [0.3, 0.4) is 0 Å². The second kappa shape index (κ2) is 7.38. The van der Waals surface area contributed by atoms with Crippen molar-refractivity contribution in [3.05, 3.63) is 64.2 Å². The van der Waals surface area contributed by atoms with E-state index in [4.69, 9.17) is 11.5 Å². The van der Waals surface area contributed by atoms with Gasteiger partial charge in [-0.2, -0.15) is 5.10 Å². The molecular formula is C22H27N5O3. The standard InChI is InChI=1S/C22H27N5O3/c1-12-6-7-18(28)13(2)19(12)27-20(24)16(14(3)23)8-17(21(27)29)15-9-25-26(10-15)11-22(4,5)30/h6-10,28,30H,3,11,23-24H2,1-2,4-5H3. The molecule has 158 valence electrons. The van der Waals surface area contributed by atoms with Crippen molar-refractivity contribution in [3.63, 3.8) is 0 Å². The molecule has 30 heavy (non-hydrogen) atoms. The number of nitrogens with two attached hydrogens (primary N) is 2. The lowest BCUT2D eigenvalue weighted by Crippen LogP contribution is -2.26. The number of nitrogens with zero attached hydrogens (tertiary/aromatic N) is 3. The zero-order valence-corrected chi connectivity index (χ0v) is 17.6. The molecule has 3 aromatic rings. The van der Waals surface area contributed by atoms with Gasteiger partial charge in [-0.1, -0.05) is 12.6 Å². The monoisotopic (exact) mass is 409 g/mol. The molecule has 2 aromatic heterocycles. The molecule has 0 amide bonds. The fraction of sp³-hybridized carbons (Fsp3) is 0.273. The molecule has 1 aromatic carbocycles. The first-order valence-corrected chi connectivity index (χ1v) is 9.45. The number of hydrogen-bond donors (Lipinski definition) is 4. The first-order valence-electron chi connectivity index (χ1n) is 9.45. The van der Waals surface area contributed by atoms with Crippen molar-refractivity contribution in [1.82, 2.24) is 14.3 Å².